The van der Waals surface area contributed by atoms with Crippen molar-refractivity contribution in [3.05, 3.63) is 117 Å². The van der Waals surface area contributed by atoms with Gasteiger partial charge in [0.15, 0.2) is 5.16 Å². The van der Waals surface area contributed by atoms with Gasteiger partial charge in [-0.3, -0.25) is 9.59 Å². The minimum atomic E-state index is -5.52. The molecule has 4 aromatic rings. The smallest absolute Gasteiger partial charge is 0.336 e. The third-order valence-corrected chi connectivity index (χ3v) is 6.78. The van der Waals surface area contributed by atoms with E-state index in [-0.39, 0.29) is 0 Å². The fourth-order valence-electron chi connectivity index (χ4n) is 3.71. The van der Waals surface area contributed by atoms with E-state index in [1.807, 2.05) is 0 Å². The number of halogens is 4. The molecule has 1 heterocycles. The molecule has 0 saturated heterocycles. The normalized spacial score (nSPS) is 27.6. The summed E-state index contributed by atoms with van der Waals surface area (Å²) in [6.07, 6.45) is -12.9. The van der Waals surface area contributed by atoms with Crippen LogP contribution in [0, 0.1) is 11.7 Å². The molecule has 0 N–H and O–H groups in total. The number of rotatable bonds is 13. The van der Waals surface area contributed by atoms with Gasteiger partial charge in [0, 0.05) is 48.8 Å². The lowest BCUT2D eigenvalue weighted by Crippen LogP contribution is -2.40. The van der Waals surface area contributed by atoms with E-state index in [0.717, 1.165) is 0 Å². The van der Waals surface area contributed by atoms with Crippen LogP contribution in [-0.2, 0) is 42.4 Å². The van der Waals surface area contributed by atoms with Crippen LogP contribution in [0.25, 0.3) is 11.1 Å². The predicted molar refractivity (Wildman–Crippen MR) is 181 cm³/mol. The van der Waals surface area contributed by atoms with Crippen molar-refractivity contribution in [3.63, 3.8) is 0 Å². The molecule has 1 amide bonds. The summed E-state index contributed by atoms with van der Waals surface area (Å²) >= 11 is -0.646. The van der Waals surface area contributed by atoms with E-state index < -0.39 is 225 Å². The topological polar surface area (TPSA) is 58.4 Å². The first-order valence-electron chi connectivity index (χ1n) is 27.1. The van der Waals surface area contributed by atoms with Gasteiger partial charge >= 0.3 is 6.18 Å². The van der Waals surface area contributed by atoms with Gasteiger partial charge in [-0.15, -0.1) is 0 Å². The summed E-state index contributed by atoms with van der Waals surface area (Å²) in [6, 6.07) is -19.3. The lowest BCUT2D eigenvalue weighted by Gasteiger charge is -2.28. The van der Waals surface area contributed by atoms with Gasteiger partial charge in [-0.25, -0.2) is 4.39 Å². The van der Waals surface area contributed by atoms with Gasteiger partial charge in [0.2, 0.25) is 5.91 Å². The van der Waals surface area contributed by atoms with Crippen LogP contribution in [0.3, 0.4) is 0 Å². The third-order valence-electron chi connectivity index (χ3n) is 6.02. The number of benzene rings is 3. The summed E-state index contributed by atoms with van der Waals surface area (Å²) in [5.41, 5.74) is -16.7. The molecule has 0 bridgehead atoms. The van der Waals surface area contributed by atoms with Crippen LogP contribution < -0.4 is 5.56 Å². The summed E-state index contributed by atoms with van der Waals surface area (Å²) in [7, 11) is 0. The van der Waals surface area contributed by atoms with Gasteiger partial charge in [0.05, 0.1) is 30.2 Å². The van der Waals surface area contributed by atoms with E-state index in [2.05, 4.69) is 4.98 Å². The van der Waals surface area contributed by atoms with E-state index in [1.165, 1.54) is 13.8 Å². The van der Waals surface area contributed by atoms with Gasteiger partial charge in [0.25, 0.3) is 5.56 Å². The highest BCUT2D eigenvalue weighted by Gasteiger charge is 2.30. The number of likely N-dealkylation sites (N-methyl/N-ethyl adjacent to an activating group) is 1. The number of carbonyl (C=O) groups excluding carboxylic acids is 1. The van der Waals surface area contributed by atoms with E-state index in [4.69, 9.17) is 28.8 Å². The van der Waals surface area contributed by atoms with Crippen LogP contribution in [0.4, 0.5) is 17.6 Å². The summed E-state index contributed by atoms with van der Waals surface area (Å²) in [6.45, 7) is -15.5. The van der Waals surface area contributed by atoms with Crippen LogP contribution in [0.2, 0.25) is 0 Å². The first kappa shape index (κ1) is 14.5. The van der Waals surface area contributed by atoms with Gasteiger partial charge in [-0.05, 0) is 78.2 Å². The van der Waals surface area contributed by atoms with Gasteiger partial charge in [0.1, 0.15) is 12.3 Å². The molecule has 1 unspecified atom stereocenters. The number of aromatic nitrogens is 2. The second-order valence-electron chi connectivity index (χ2n) is 9.28. The van der Waals surface area contributed by atoms with Crippen molar-refractivity contribution >= 4 is 17.7 Å². The lowest BCUT2D eigenvalue weighted by atomic mass is 10.0. The molecule has 1 atom stereocenters. The zero-order valence-corrected chi connectivity index (χ0v) is 25.8. The average Bonchev–Trinajstić information content (AvgIpc) is 3.36. The summed E-state index contributed by atoms with van der Waals surface area (Å²) in [5, 5.41) is -1.65. The maximum absolute atomic E-state index is 15.5. The van der Waals surface area contributed by atoms with Crippen molar-refractivity contribution < 1.29 is 59.4 Å². The number of fused-ring (bicyclic) bond motifs is 1. The molecule has 11 heteroatoms. The maximum Gasteiger partial charge on any atom is 0.416 e. The van der Waals surface area contributed by atoms with Gasteiger partial charge < -0.3 is 14.4 Å². The quantitative estimate of drug-likeness (QED) is 0.0821. The molecule has 0 aliphatic heterocycles. The van der Waals surface area contributed by atoms with Crippen molar-refractivity contribution in [1.29, 1.82) is 0 Å². The minimum absolute atomic E-state index is 0.441. The zero-order valence-electron chi connectivity index (χ0n) is 51.9. The van der Waals surface area contributed by atoms with Gasteiger partial charge in [-0.2, -0.15) is 18.2 Å². The first-order chi connectivity index (χ1) is 33.6. The number of hydrogen-bond acceptors (Lipinski definition) is 5. The largest absolute Gasteiger partial charge is 0.416 e. The Hall–Kier alpha value is -3.96. The molecule has 48 heavy (non-hydrogen) atoms. The molecule has 1 aliphatic carbocycles. The van der Waals surface area contributed by atoms with E-state index >= 15 is 4.79 Å². The number of amides is 1. The van der Waals surface area contributed by atoms with Gasteiger partial charge in [-0.1, -0.05) is 80.9 Å². The first-order valence-corrected chi connectivity index (χ1v) is 14.4. The molecule has 0 saturated carbocycles. The van der Waals surface area contributed by atoms with Crippen LogP contribution in [0.1, 0.15) is 85.7 Å². The second-order valence-corrected chi connectivity index (χ2v) is 10.1. The van der Waals surface area contributed by atoms with E-state index in [9.17, 15) is 30.6 Å². The Morgan fingerprint density at radius 2 is 1.60 bits per heavy atom. The molecular formula is C37H40F4N4O2S. The highest BCUT2D eigenvalue weighted by atomic mass is 32.2. The number of nitrogens with zero attached hydrogens (tertiary/aromatic N) is 4. The average molecular weight is 708 g/mol. The van der Waals surface area contributed by atoms with Crippen molar-refractivity contribution in [3.8, 4) is 11.1 Å². The monoisotopic (exact) mass is 707 g/mol. The number of thioether (sulfide) groups is 1. The fraction of sp³-hybridized carbons (Fsp3) is 0.378. The third kappa shape index (κ3) is 8.73. The molecule has 0 fully saturated rings. The Balaban J connectivity index is 1.98. The van der Waals surface area contributed by atoms with Crippen LogP contribution >= 0.6 is 11.8 Å². The summed E-state index contributed by atoms with van der Waals surface area (Å²) in [4.78, 5) is 32.5. The molecule has 3 aromatic carbocycles. The summed E-state index contributed by atoms with van der Waals surface area (Å²) < 4.78 is 292. The highest BCUT2D eigenvalue weighted by Crippen LogP contribution is 2.32. The summed E-state index contributed by atoms with van der Waals surface area (Å²) in [5.74, 6) is -7.89. The Morgan fingerprint density at radius 3 is 2.21 bits per heavy atom. The lowest BCUT2D eigenvalue weighted by molar-refractivity contribution is -0.137. The molecule has 254 valence electrons. The van der Waals surface area contributed by atoms with Crippen molar-refractivity contribution in [2.24, 2.45) is 5.89 Å². The standard InChI is InChI=1S/C37H40F4N4O2S/c1-4-43(5-2)18-19-44(22-26-6-10-28(11-7-26)29-12-14-30(15-13-29)37(39,40)41)34(46)23-45-33-21-25(3)20-32(33)35(47)42-36(45)48-24-27-8-16-31(38)17-9-27/h6-17,25H,4-5,18-24H2,1-3H3/i6D,7D,8D,9D,10D,11D,12D,13D,14D,15D,16D,17D,18D2,19D2,20D2,21D2,22D2,23D2,24D2,25D. The van der Waals surface area contributed by atoms with Crippen molar-refractivity contribution in [2.75, 3.05) is 26.1 Å². The molecule has 5 rings (SSSR count). The Bertz CT molecular complexity index is 3040. The Kier molecular flexibility index (Phi) is 4.68. The Labute approximate surface area is 320 Å². The Morgan fingerprint density at radius 1 is 1.00 bits per heavy atom. The number of carbonyl (C=O) groups is 1. The molecule has 1 aliphatic rings. The molecule has 1 aromatic heterocycles. The van der Waals surface area contributed by atoms with Crippen molar-refractivity contribution in [2.45, 2.75) is 63.5 Å². The van der Waals surface area contributed by atoms with Crippen LogP contribution in [0.15, 0.2) is 82.5 Å². The number of hydrogen-bond donors (Lipinski definition) is 0. The minimum Gasteiger partial charge on any atom is -0.336 e. The molecule has 6 nitrogen and oxygen atoms in total. The maximum atomic E-state index is 15.5. The van der Waals surface area contributed by atoms with E-state index in [0.29, 0.717) is 11.8 Å². The zero-order chi connectivity index (χ0) is 58.3. The molecular weight excluding hydrogens is 640 g/mol. The van der Waals surface area contributed by atoms with Crippen LogP contribution in [-0.4, -0.2) is 51.3 Å². The van der Waals surface area contributed by atoms with E-state index in [1.54, 1.807) is 0 Å². The highest BCUT2D eigenvalue weighted by molar-refractivity contribution is 7.98. The molecule has 0 spiro atoms. The second kappa shape index (κ2) is 15.5. The SMILES string of the molecule is [2H]c1c([2H])c(C([2H])([2H])Sc2nc(=O)c3c(n2C([2H])([2H])C(=O)N(C([2H])([2H])c2c([2H])c([2H])c(-c4c([2H])c([2H])c(C(F)(F)F)c([2H])c4[2H])c([2H])c2[2H])C([2H])([2H])C([2H])([2H])N(CC)CC)C([2H])([2H])C([2H])(C)C3([2H])[2H])c([2H])c([2H])c1F. The predicted octanol–water partition coefficient (Wildman–Crippen LogP) is 7.47. The van der Waals surface area contributed by atoms with Crippen LogP contribution in [0.5, 0.6) is 0 Å². The fourth-order valence-corrected chi connectivity index (χ4v) is 4.36. The van der Waals surface area contributed by atoms with Crippen molar-refractivity contribution in [1.82, 2.24) is 19.4 Å². The number of alkyl halides is 3. The molecule has 0 radical (unpaired) electrons.